The zero-order valence-corrected chi connectivity index (χ0v) is 13.0. The Morgan fingerprint density at radius 3 is 2.39 bits per heavy atom. The smallest absolute Gasteiger partial charge is 0.264 e. The highest BCUT2D eigenvalue weighted by Gasteiger charge is 2.15. The highest BCUT2D eigenvalue weighted by atomic mass is 32.2. The fourth-order valence-corrected chi connectivity index (χ4v) is 2.84. The van der Waals surface area contributed by atoms with Crippen molar-refractivity contribution in [1.29, 1.82) is 0 Å². The van der Waals surface area contributed by atoms with Crippen LogP contribution in [0.1, 0.15) is 5.69 Å². The molecule has 8 nitrogen and oxygen atoms in total. The molecule has 0 aliphatic heterocycles. The minimum Gasteiger partial charge on any atom is -0.339 e. The molecule has 0 bridgehead atoms. The number of sulfonamides is 1. The molecule has 0 saturated carbocycles. The van der Waals surface area contributed by atoms with E-state index in [1.54, 1.807) is 18.2 Å². The van der Waals surface area contributed by atoms with Gasteiger partial charge in [-0.05, 0) is 37.3 Å². The molecule has 2 aromatic heterocycles. The minimum atomic E-state index is -3.72. The van der Waals surface area contributed by atoms with Crippen LogP contribution in [0.15, 0.2) is 53.7 Å². The molecule has 3 N–H and O–H groups in total. The van der Waals surface area contributed by atoms with Crippen molar-refractivity contribution in [2.24, 2.45) is 0 Å². The van der Waals surface area contributed by atoms with Crippen LogP contribution < -0.4 is 10.0 Å². The van der Waals surface area contributed by atoms with E-state index in [2.05, 4.69) is 30.2 Å². The maximum Gasteiger partial charge on any atom is 0.264 e. The normalized spacial score (nSPS) is 11.2. The molecule has 0 radical (unpaired) electrons. The number of anilines is 3. The zero-order chi connectivity index (χ0) is 16.3. The molecule has 0 atom stereocenters. The van der Waals surface area contributed by atoms with E-state index >= 15 is 0 Å². The highest BCUT2D eigenvalue weighted by Crippen LogP contribution is 2.19. The molecular formula is C14H14N6O2S. The average molecular weight is 330 g/mol. The summed E-state index contributed by atoms with van der Waals surface area (Å²) in [7, 11) is -3.72. The maximum atomic E-state index is 12.2. The van der Waals surface area contributed by atoms with Crippen molar-refractivity contribution < 1.29 is 8.42 Å². The van der Waals surface area contributed by atoms with Gasteiger partial charge in [0.05, 0.1) is 4.90 Å². The Morgan fingerprint density at radius 1 is 1.09 bits per heavy atom. The lowest BCUT2D eigenvalue weighted by atomic mass is 10.3. The van der Waals surface area contributed by atoms with Gasteiger partial charge in [0.2, 0.25) is 5.95 Å². The second kappa shape index (κ2) is 6.05. The molecule has 0 spiro atoms. The van der Waals surface area contributed by atoms with E-state index in [0.29, 0.717) is 5.82 Å². The quantitative estimate of drug-likeness (QED) is 0.660. The fourth-order valence-electron chi connectivity index (χ4n) is 1.88. The molecule has 23 heavy (non-hydrogen) atoms. The Kier molecular flexibility index (Phi) is 3.94. The van der Waals surface area contributed by atoms with Crippen molar-refractivity contribution in [3.63, 3.8) is 0 Å². The summed E-state index contributed by atoms with van der Waals surface area (Å²) in [4.78, 5) is 7.80. The molecule has 9 heteroatoms. The second-order valence-corrected chi connectivity index (χ2v) is 6.45. The lowest BCUT2D eigenvalue weighted by Crippen LogP contribution is -2.14. The van der Waals surface area contributed by atoms with Gasteiger partial charge >= 0.3 is 0 Å². The first kappa shape index (κ1) is 15.0. The van der Waals surface area contributed by atoms with Crippen molar-refractivity contribution in [3.8, 4) is 0 Å². The number of hydrogen-bond donors (Lipinski definition) is 3. The monoisotopic (exact) mass is 330 g/mol. The molecule has 2 heterocycles. The van der Waals surface area contributed by atoms with E-state index in [9.17, 15) is 8.42 Å². The van der Waals surface area contributed by atoms with Crippen LogP contribution in [0.3, 0.4) is 0 Å². The van der Waals surface area contributed by atoms with Gasteiger partial charge in [0.15, 0.2) is 5.82 Å². The molecular weight excluding hydrogens is 316 g/mol. The Bertz CT molecular complexity index is 891. The summed E-state index contributed by atoms with van der Waals surface area (Å²) < 4.78 is 26.8. The van der Waals surface area contributed by atoms with Crippen LogP contribution in [0.2, 0.25) is 0 Å². The van der Waals surface area contributed by atoms with Gasteiger partial charge in [0.1, 0.15) is 0 Å². The third kappa shape index (κ3) is 3.64. The molecule has 3 aromatic rings. The van der Waals surface area contributed by atoms with E-state index in [0.717, 1.165) is 11.4 Å². The van der Waals surface area contributed by atoms with Gasteiger partial charge in [-0.2, -0.15) is 5.10 Å². The number of nitrogens with zero attached hydrogens (tertiary/aromatic N) is 3. The van der Waals surface area contributed by atoms with Crippen LogP contribution in [0.25, 0.3) is 0 Å². The molecule has 0 fully saturated rings. The number of benzene rings is 1. The maximum absolute atomic E-state index is 12.2. The van der Waals surface area contributed by atoms with Crippen molar-refractivity contribution in [1.82, 2.24) is 20.2 Å². The fraction of sp³-hybridized carbons (Fsp3) is 0.0714. The largest absolute Gasteiger partial charge is 0.339 e. The minimum absolute atomic E-state index is 0.0294. The van der Waals surface area contributed by atoms with Gasteiger partial charge in [0.25, 0.3) is 10.0 Å². The van der Waals surface area contributed by atoms with Crippen molar-refractivity contribution in [2.75, 3.05) is 10.0 Å². The van der Waals surface area contributed by atoms with E-state index in [-0.39, 0.29) is 10.8 Å². The molecule has 3 rings (SSSR count). The predicted molar refractivity (Wildman–Crippen MR) is 85.9 cm³/mol. The Hall–Kier alpha value is -2.94. The summed E-state index contributed by atoms with van der Waals surface area (Å²) in [5.74, 6) is 0.690. The van der Waals surface area contributed by atoms with Gasteiger partial charge in [0, 0.05) is 29.8 Å². The van der Waals surface area contributed by atoms with Crippen molar-refractivity contribution >= 4 is 27.5 Å². The number of H-pyrrole nitrogens is 1. The Balaban J connectivity index is 1.76. The van der Waals surface area contributed by atoms with Gasteiger partial charge in [-0.3, -0.25) is 5.10 Å². The number of aromatic nitrogens is 4. The van der Waals surface area contributed by atoms with Gasteiger partial charge in [-0.15, -0.1) is 0 Å². The molecule has 0 aliphatic carbocycles. The third-order valence-corrected chi connectivity index (χ3v) is 4.28. The Labute approximate surface area is 133 Å². The molecule has 0 saturated heterocycles. The number of aromatic amines is 1. The summed E-state index contributed by atoms with van der Waals surface area (Å²) >= 11 is 0. The summed E-state index contributed by atoms with van der Waals surface area (Å²) in [6.07, 6.45) is 2.92. The topological polar surface area (TPSA) is 113 Å². The summed E-state index contributed by atoms with van der Waals surface area (Å²) in [6, 6.07) is 9.75. The van der Waals surface area contributed by atoms with Crippen molar-refractivity contribution in [2.45, 2.75) is 11.8 Å². The zero-order valence-electron chi connectivity index (χ0n) is 12.2. The van der Waals surface area contributed by atoms with Crippen LogP contribution in [0.4, 0.5) is 17.5 Å². The lowest BCUT2D eigenvalue weighted by molar-refractivity contribution is 0.601. The average Bonchev–Trinajstić information content (AvgIpc) is 2.93. The molecule has 0 unspecified atom stereocenters. The first-order valence-electron chi connectivity index (χ1n) is 6.72. The summed E-state index contributed by atoms with van der Waals surface area (Å²) in [5.41, 5.74) is 1.66. The highest BCUT2D eigenvalue weighted by molar-refractivity contribution is 7.92. The number of aryl methyl sites for hydroxylation is 1. The van der Waals surface area contributed by atoms with Crippen LogP contribution >= 0.6 is 0 Å². The van der Waals surface area contributed by atoms with E-state index in [1.165, 1.54) is 24.5 Å². The van der Waals surface area contributed by atoms with E-state index in [4.69, 9.17) is 0 Å². The first-order chi connectivity index (χ1) is 11.0. The van der Waals surface area contributed by atoms with E-state index < -0.39 is 10.0 Å². The molecule has 1 aromatic carbocycles. The Morgan fingerprint density at radius 2 is 1.78 bits per heavy atom. The van der Waals surface area contributed by atoms with Gasteiger partial charge in [-0.25, -0.2) is 23.1 Å². The number of hydrogen-bond acceptors (Lipinski definition) is 6. The standard InChI is InChI=1S/C14H14N6O2S/c1-10-9-13(19-18-10)17-11-3-5-12(6-4-11)23(21,22)20-14-15-7-2-8-16-14/h2-9H,1H3,(H,15,16,20)(H2,17,18,19). The van der Waals surface area contributed by atoms with Crippen LogP contribution in [-0.2, 0) is 10.0 Å². The SMILES string of the molecule is Cc1cc(Nc2ccc(S(=O)(=O)Nc3ncccn3)cc2)n[nH]1. The molecule has 0 aliphatic rings. The predicted octanol–water partition coefficient (Wildman–Crippen LogP) is 2.05. The van der Waals surface area contributed by atoms with Gasteiger partial charge in [-0.1, -0.05) is 0 Å². The number of nitrogens with one attached hydrogen (secondary N) is 3. The van der Waals surface area contributed by atoms with Crippen LogP contribution in [0.5, 0.6) is 0 Å². The van der Waals surface area contributed by atoms with Crippen LogP contribution in [-0.4, -0.2) is 28.6 Å². The third-order valence-electron chi connectivity index (χ3n) is 2.93. The van der Waals surface area contributed by atoms with Crippen molar-refractivity contribution in [3.05, 3.63) is 54.5 Å². The summed E-state index contributed by atoms with van der Waals surface area (Å²) in [6.45, 7) is 1.89. The first-order valence-corrected chi connectivity index (χ1v) is 8.20. The number of rotatable bonds is 5. The molecule has 0 amide bonds. The summed E-state index contributed by atoms with van der Waals surface area (Å²) in [5, 5.41) is 9.95. The van der Waals surface area contributed by atoms with E-state index in [1.807, 2.05) is 13.0 Å². The van der Waals surface area contributed by atoms with Crippen LogP contribution in [0, 0.1) is 6.92 Å². The lowest BCUT2D eigenvalue weighted by Gasteiger charge is -2.07. The molecule has 118 valence electrons. The second-order valence-electron chi connectivity index (χ2n) is 4.76. The van der Waals surface area contributed by atoms with Gasteiger partial charge < -0.3 is 5.32 Å².